The predicted octanol–water partition coefficient (Wildman–Crippen LogP) is 3.07. The molecule has 1 aromatic rings. The summed E-state index contributed by atoms with van der Waals surface area (Å²) in [5, 5.41) is 6.95. The number of aldehydes is 1. The fourth-order valence-electron chi connectivity index (χ4n) is 2.20. The smallest absolute Gasteiger partial charge is 0.138 e. The van der Waals surface area contributed by atoms with Gasteiger partial charge in [-0.05, 0) is 47.1 Å². The monoisotopic (exact) mass is 276 g/mol. The van der Waals surface area contributed by atoms with E-state index >= 15 is 0 Å². The predicted molar refractivity (Wildman–Crippen MR) is 84.8 cm³/mol. The molecule has 20 heavy (non-hydrogen) atoms. The molecule has 3 nitrogen and oxygen atoms in total. The summed E-state index contributed by atoms with van der Waals surface area (Å²) in [6.07, 6.45) is 1.00. The first-order chi connectivity index (χ1) is 9.12. The molecule has 0 aliphatic carbocycles. The highest BCUT2D eigenvalue weighted by molar-refractivity contribution is 5.60. The molecule has 0 unspecified atom stereocenters. The molecule has 2 N–H and O–H groups in total. The van der Waals surface area contributed by atoms with Crippen LogP contribution in [0.4, 0.5) is 0 Å². The molecule has 0 saturated heterocycles. The highest BCUT2D eigenvalue weighted by atomic mass is 16.1. The number of benzene rings is 1. The molecule has 0 bridgehead atoms. The molecule has 3 heteroatoms. The summed E-state index contributed by atoms with van der Waals surface area (Å²) in [6, 6.07) is 9.81. The fourth-order valence-corrected chi connectivity index (χ4v) is 2.20. The molecular weight excluding hydrogens is 248 g/mol. The van der Waals surface area contributed by atoms with Gasteiger partial charge >= 0.3 is 0 Å². The zero-order chi connectivity index (χ0) is 15.4. The fraction of sp³-hybridized carbons (Fsp3) is 0.588. The number of carbonyl (C=O) groups excluding carboxylic acids is 1. The van der Waals surface area contributed by atoms with Crippen molar-refractivity contribution < 1.29 is 4.79 Å². The van der Waals surface area contributed by atoms with Crippen molar-refractivity contribution in [2.24, 2.45) is 0 Å². The van der Waals surface area contributed by atoms with Crippen LogP contribution >= 0.6 is 0 Å². The van der Waals surface area contributed by atoms with Crippen molar-refractivity contribution in [3.05, 3.63) is 35.9 Å². The Morgan fingerprint density at radius 1 is 0.900 bits per heavy atom. The average Bonchev–Trinajstić information content (AvgIpc) is 2.32. The van der Waals surface area contributed by atoms with E-state index in [1.54, 1.807) is 0 Å². The molecule has 1 aromatic carbocycles. The van der Waals surface area contributed by atoms with Gasteiger partial charge in [0.25, 0.3) is 0 Å². The summed E-state index contributed by atoms with van der Waals surface area (Å²) in [7, 11) is 0. The second-order valence-corrected chi connectivity index (χ2v) is 7.34. The Bertz CT molecular complexity index is 415. The third-order valence-corrected chi connectivity index (χ3v) is 2.85. The van der Waals surface area contributed by atoms with Crippen molar-refractivity contribution in [2.45, 2.75) is 64.7 Å². The van der Waals surface area contributed by atoms with Crippen LogP contribution < -0.4 is 10.6 Å². The maximum absolute atomic E-state index is 11.6. The number of hydrogen-bond donors (Lipinski definition) is 2. The average molecular weight is 276 g/mol. The van der Waals surface area contributed by atoms with E-state index in [-0.39, 0.29) is 23.2 Å². The Morgan fingerprint density at radius 2 is 1.40 bits per heavy atom. The molecule has 0 amide bonds. The Kier molecular flexibility index (Phi) is 5.49. The second-order valence-electron chi connectivity index (χ2n) is 7.34. The lowest BCUT2D eigenvalue weighted by Gasteiger charge is -2.36. The van der Waals surface area contributed by atoms with Gasteiger partial charge in [-0.15, -0.1) is 0 Å². The van der Waals surface area contributed by atoms with Crippen LogP contribution in [0.15, 0.2) is 30.3 Å². The van der Waals surface area contributed by atoms with Crippen molar-refractivity contribution in [3.8, 4) is 0 Å². The third kappa shape index (κ3) is 5.85. The lowest BCUT2D eigenvalue weighted by atomic mass is 9.94. The van der Waals surface area contributed by atoms with Crippen LogP contribution in [0.3, 0.4) is 0 Å². The lowest BCUT2D eigenvalue weighted by molar-refractivity contribution is -0.110. The van der Waals surface area contributed by atoms with Crippen LogP contribution in [0.25, 0.3) is 0 Å². The first kappa shape index (κ1) is 16.9. The summed E-state index contributed by atoms with van der Waals surface area (Å²) in [6.45, 7) is 12.6. The van der Waals surface area contributed by atoms with E-state index in [0.717, 1.165) is 11.8 Å². The van der Waals surface area contributed by atoms with E-state index < -0.39 is 0 Å². The van der Waals surface area contributed by atoms with Gasteiger partial charge in [0.2, 0.25) is 0 Å². The van der Waals surface area contributed by atoms with E-state index in [0.29, 0.717) is 0 Å². The molecule has 0 heterocycles. The largest absolute Gasteiger partial charge is 0.304 e. The highest BCUT2D eigenvalue weighted by Gasteiger charge is 2.29. The van der Waals surface area contributed by atoms with Crippen LogP contribution in [0.2, 0.25) is 0 Å². The molecule has 0 aliphatic heterocycles. The molecule has 0 aromatic heterocycles. The Hall–Kier alpha value is -1.19. The van der Waals surface area contributed by atoms with Crippen molar-refractivity contribution in [3.63, 3.8) is 0 Å². The van der Waals surface area contributed by atoms with Gasteiger partial charge in [0.15, 0.2) is 0 Å². The van der Waals surface area contributed by atoms with E-state index in [2.05, 4.69) is 64.3 Å². The lowest BCUT2D eigenvalue weighted by Crippen LogP contribution is -2.53. The minimum Gasteiger partial charge on any atom is -0.304 e. The Balaban J connectivity index is 3.06. The molecular formula is C17H28N2O. The van der Waals surface area contributed by atoms with Gasteiger partial charge < -0.3 is 15.4 Å². The van der Waals surface area contributed by atoms with Crippen LogP contribution in [-0.4, -0.2) is 23.4 Å². The molecule has 1 rings (SSSR count). The SMILES string of the molecule is CC(C)(C)N[C@@H](C=O)[C@@H](NC(C)(C)C)c1ccccc1. The standard InChI is InChI=1S/C17H28N2O/c1-16(2,3)18-14(12-20)15(19-17(4,5)6)13-10-8-7-9-11-13/h7-12,14-15,18-19H,1-6H3/t14-,15-/m0/s1. The molecule has 0 fully saturated rings. The quantitative estimate of drug-likeness (QED) is 0.812. The maximum Gasteiger partial charge on any atom is 0.138 e. The Labute approximate surface area is 123 Å². The normalized spacial score (nSPS) is 15.7. The Morgan fingerprint density at radius 3 is 1.80 bits per heavy atom. The highest BCUT2D eigenvalue weighted by Crippen LogP contribution is 2.21. The molecule has 0 radical (unpaired) electrons. The van der Waals surface area contributed by atoms with Gasteiger partial charge in [0, 0.05) is 11.1 Å². The van der Waals surface area contributed by atoms with Crippen molar-refractivity contribution in [1.82, 2.24) is 10.6 Å². The van der Waals surface area contributed by atoms with Crippen LogP contribution in [0.1, 0.15) is 53.1 Å². The number of hydrogen-bond acceptors (Lipinski definition) is 3. The van der Waals surface area contributed by atoms with E-state index in [4.69, 9.17) is 0 Å². The number of rotatable bonds is 5. The zero-order valence-electron chi connectivity index (χ0n) is 13.5. The van der Waals surface area contributed by atoms with Crippen LogP contribution in [-0.2, 0) is 4.79 Å². The summed E-state index contributed by atoms with van der Waals surface area (Å²) >= 11 is 0. The second kappa shape index (κ2) is 6.51. The molecule has 2 atom stereocenters. The van der Waals surface area contributed by atoms with Crippen molar-refractivity contribution >= 4 is 6.29 Å². The number of carbonyl (C=O) groups is 1. The van der Waals surface area contributed by atoms with Crippen molar-refractivity contribution in [1.29, 1.82) is 0 Å². The minimum absolute atomic E-state index is 0.0482. The van der Waals surface area contributed by atoms with Gasteiger partial charge in [-0.1, -0.05) is 30.3 Å². The van der Waals surface area contributed by atoms with Crippen LogP contribution in [0, 0.1) is 0 Å². The summed E-state index contributed by atoms with van der Waals surface area (Å²) in [5.74, 6) is 0. The van der Waals surface area contributed by atoms with Gasteiger partial charge in [-0.3, -0.25) is 0 Å². The topological polar surface area (TPSA) is 41.1 Å². The van der Waals surface area contributed by atoms with E-state index in [9.17, 15) is 4.79 Å². The van der Waals surface area contributed by atoms with Gasteiger partial charge in [-0.2, -0.15) is 0 Å². The molecule has 0 aliphatic rings. The summed E-state index contributed by atoms with van der Waals surface area (Å²) in [5.41, 5.74) is 0.941. The van der Waals surface area contributed by atoms with E-state index in [1.165, 1.54) is 0 Å². The first-order valence-corrected chi connectivity index (χ1v) is 7.18. The maximum atomic E-state index is 11.6. The molecule has 0 spiro atoms. The van der Waals surface area contributed by atoms with Gasteiger partial charge in [0.1, 0.15) is 6.29 Å². The van der Waals surface area contributed by atoms with Gasteiger partial charge in [-0.25, -0.2) is 0 Å². The van der Waals surface area contributed by atoms with E-state index in [1.807, 2.05) is 18.2 Å². The molecule has 112 valence electrons. The first-order valence-electron chi connectivity index (χ1n) is 7.18. The minimum atomic E-state index is -0.267. The van der Waals surface area contributed by atoms with Crippen LogP contribution in [0.5, 0.6) is 0 Å². The summed E-state index contributed by atoms with van der Waals surface area (Å²) < 4.78 is 0. The van der Waals surface area contributed by atoms with Gasteiger partial charge in [0.05, 0.1) is 12.1 Å². The third-order valence-electron chi connectivity index (χ3n) is 2.85. The summed E-state index contributed by atoms with van der Waals surface area (Å²) in [4.78, 5) is 11.6. The molecule has 0 saturated carbocycles. The van der Waals surface area contributed by atoms with Crippen molar-refractivity contribution in [2.75, 3.05) is 0 Å². The number of nitrogens with one attached hydrogen (secondary N) is 2. The zero-order valence-corrected chi connectivity index (χ0v) is 13.5.